The van der Waals surface area contributed by atoms with E-state index >= 15 is 0 Å². The van der Waals surface area contributed by atoms with Crippen molar-refractivity contribution in [2.45, 2.75) is 19.3 Å². The number of hydrogen-bond donors (Lipinski definition) is 2. The molecule has 6 heteroatoms. The van der Waals surface area contributed by atoms with Crippen LogP contribution in [0.15, 0.2) is 24.3 Å². The van der Waals surface area contributed by atoms with E-state index in [1.807, 2.05) is 0 Å². The molecule has 1 aliphatic heterocycles. The summed E-state index contributed by atoms with van der Waals surface area (Å²) in [6.07, 6.45) is 1.82. The molecule has 22 heavy (non-hydrogen) atoms. The van der Waals surface area contributed by atoms with Crippen LogP contribution in [-0.2, 0) is 4.79 Å². The third kappa shape index (κ3) is 4.42. The molecule has 0 spiro atoms. The molecule has 0 unspecified atom stereocenters. The Bertz CT molecular complexity index is 502. The van der Waals surface area contributed by atoms with Gasteiger partial charge in [-0.25, -0.2) is 4.39 Å². The highest BCUT2D eigenvalue weighted by Crippen LogP contribution is 2.31. The van der Waals surface area contributed by atoms with Crippen LogP contribution in [0.5, 0.6) is 5.75 Å². The molecule has 0 atom stereocenters. The van der Waals surface area contributed by atoms with Crippen LogP contribution in [0, 0.1) is 11.2 Å². The van der Waals surface area contributed by atoms with Gasteiger partial charge in [-0.2, -0.15) is 0 Å². The zero-order chi connectivity index (χ0) is 16.0. The van der Waals surface area contributed by atoms with Crippen LogP contribution in [-0.4, -0.2) is 48.8 Å². The van der Waals surface area contributed by atoms with Gasteiger partial charge in [-0.15, -0.1) is 0 Å². The van der Waals surface area contributed by atoms with E-state index in [1.54, 1.807) is 18.2 Å². The first-order chi connectivity index (χ1) is 10.5. The first kappa shape index (κ1) is 16.7. The SMILES string of the molecule is NCC1(COc2ccccc2F)CCN(CCC(=O)O)CC1. The van der Waals surface area contributed by atoms with Crippen molar-refractivity contribution in [2.75, 3.05) is 32.8 Å². The van der Waals surface area contributed by atoms with Gasteiger partial charge in [0.05, 0.1) is 13.0 Å². The number of ether oxygens (including phenoxy) is 1. The molecule has 122 valence electrons. The Balaban J connectivity index is 1.86. The fourth-order valence-electron chi connectivity index (χ4n) is 2.70. The van der Waals surface area contributed by atoms with Crippen LogP contribution in [0.1, 0.15) is 19.3 Å². The number of hydrogen-bond acceptors (Lipinski definition) is 4. The van der Waals surface area contributed by atoms with Crippen LogP contribution < -0.4 is 10.5 Å². The van der Waals surface area contributed by atoms with E-state index in [9.17, 15) is 9.18 Å². The zero-order valence-electron chi connectivity index (χ0n) is 12.6. The second kappa shape index (κ2) is 7.56. The maximum atomic E-state index is 13.6. The number of piperidine rings is 1. The number of para-hydroxylation sites is 1. The fraction of sp³-hybridized carbons (Fsp3) is 0.562. The maximum absolute atomic E-state index is 13.6. The van der Waals surface area contributed by atoms with Crippen molar-refractivity contribution in [3.8, 4) is 5.75 Å². The summed E-state index contributed by atoms with van der Waals surface area (Å²) in [5.74, 6) is -0.893. The van der Waals surface area contributed by atoms with Crippen LogP contribution in [0.25, 0.3) is 0 Å². The number of halogens is 1. The van der Waals surface area contributed by atoms with E-state index in [-0.39, 0.29) is 23.4 Å². The number of aliphatic carboxylic acids is 1. The fourth-order valence-corrected chi connectivity index (χ4v) is 2.70. The summed E-state index contributed by atoms with van der Waals surface area (Å²) in [7, 11) is 0. The minimum Gasteiger partial charge on any atom is -0.490 e. The highest BCUT2D eigenvalue weighted by molar-refractivity contribution is 5.66. The van der Waals surface area contributed by atoms with E-state index in [1.165, 1.54) is 6.07 Å². The highest BCUT2D eigenvalue weighted by Gasteiger charge is 2.34. The molecule has 0 radical (unpaired) electrons. The molecule has 0 aliphatic carbocycles. The number of benzene rings is 1. The predicted molar refractivity (Wildman–Crippen MR) is 81.3 cm³/mol. The number of nitrogens with two attached hydrogens (primary N) is 1. The van der Waals surface area contributed by atoms with Gasteiger partial charge in [-0.05, 0) is 38.1 Å². The molecule has 1 fully saturated rings. The third-order valence-electron chi connectivity index (χ3n) is 4.36. The average Bonchev–Trinajstić information content (AvgIpc) is 2.53. The molecule has 5 nitrogen and oxygen atoms in total. The van der Waals surface area contributed by atoms with Crippen LogP contribution in [0.2, 0.25) is 0 Å². The van der Waals surface area contributed by atoms with E-state index in [0.717, 1.165) is 25.9 Å². The average molecular weight is 310 g/mol. The smallest absolute Gasteiger partial charge is 0.304 e. The lowest BCUT2D eigenvalue weighted by Gasteiger charge is -2.40. The number of rotatable bonds is 7. The van der Waals surface area contributed by atoms with E-state index < -0.39 is 5.97 Å². The molecule has 2 rings (SSSR count). The van der Waals surface area contributed by atoms with E-state index in [4.69, 9.17) is 15.6 Å². The number of carbonyl (C=O) groups is 1. The first-order valence-corrected chi connectivity index (χ1v) is 7.56. The molecular formula is C16H23FN2O3. The van der Waals surface area contributed by atoms with Crippen LogP contribution in [0.4, 0.5) is 4.39 Å². The molecule has 0 amide bonds. The highest BCUT2D eigenvalue weighted by atomic mass is 19.1. The van der Waals surface area contributed by atoms with Crippen molar-refractivity contribution < 1.29 is 19.0 Å². The van der Waals surface area contributed by atoms with E-state index in [0.29, 0.717) is 19.7 Å². The van der Waals surface area contributed by atoms with Gasteiger partial charge in [-0.1, -0.05) is 12.1 Å². The second-order valence-corrected chi connectivity index (χ2v) is 5.91. The van der Waals surface area contributed by atoms with Gasteiger partial charge in [-0.3, -0.25) is 4.79 Å². The lowest BCUT2D eigenvalue weighted by Crippen LogP contribution is -2.47. The lowest BCUT2D eigenvalue weighted by atomic mass is 9.79. The quantitative estimate of drug-likeness (QED) is 0.802. The summed E-state index contributed by atoms with van der Waals surface area (Å²) >= 11 is 0. The van der Waals surface area contributed by atoms with Crippen molar-refractivity contribution in [3.05, 3.63) is 30.1 Å². The normalized spacial score (nSPS) is 18.1. The lowest BCUT2D eigenvalue weighted by molar-refractivity contribution is -0.137. The van der Waals surface area contributed by atoms with Gasteiger partial charge in [0, 0.05) is 18.5 Å². The summed E-state index contributed by atoms with van der Waals surface area (Å²) in [6.45, 7) is 3.02. The first-order valence-electron chi connectivity index (χ1n) is 7.56. The van der Waals surface area contributed by atoms with Crippen molar-refractivity contribution in [2.24, 2.45) is 11.1 Å². The molecule has 0 aromatic heterocycles. The van der Waals surface area contributed by atoms with Gasteiger partial charge in [0.25, 0.3) is 0 Å². The maximum Gasteiger partial charge on any atom is 0.304 e. The van der Waals surface area contributed by atoms with Crippen molar-refractivity contribution in [3.63, 3.8) is 0 Å². The van der Waals surface area contributed by atoms with Crippen molar-refractivity contribution >= 4 is 5.97 Å². The van der Waals surface area contributed by atoms with E-state index in [2.05, 4.69) is 4.90 Å². The predicted octanol–water partition coefficient (Wildman–Crippen LogP) is 1.72. The summed E-state index contributed by atoms with van der Waals surface area (Å²) in [6, 6.07) is 6.35. The monoisotopic (exact) mass is 310 g/mol. The molecule has 1 heterocycles. The number of likely N-dealkylation sites (tertiary alicyclic amines) is 1. The van der Waals surface area contributed by atoms with Gasteiger partial charge >= 0.3 is 5.97 Å². The largest absolute Gasteiger partial charge is 0.490 e. The second-order valence-electron chi connectivity index (χ2n) is 5.91. The molecule has 1 aliphatic rings. The summed E-state index contributed by atoms with van der Waals surface area (Å²) in [5.41, 5.74) is 5.76. The molecule has 0 bridgehead atoms. The Morgan fingerprint density at radius 2 is 2.05 bits per heavy atom. The third-order valence-corrected chi connectivity index (χ3v) is 4.36. The van der Waals surface area contributed by atoms with Crippen LogP contribution >= 0.6 is 0 Å². The van der Waals surface area contributed by atoms with Crippen LogP contribution in [0.3, 0.4) is 0 Å². The van der Waals surface area contributed by atoms with Crippen molar-refractivity contribution in [1.29, 1.82) is 0 Å². The Hall–Kier alpha value is -1.66. The molecule has 3 N–H and O–H groups in total. The topological polar surface area (TPSA) is 75.8 Å². The van der Waals surface area contributed by atoms with Gasteiger partial charge < -0.3 is 20.5 Å². The number of carboxylic acid groups (broad SMARTS) is 1. The molecule has 1 saturated heterocycles. The Labute approximate surface area is 129 Å². The summed E-state index contributed by atoms with van der Waals surface area (Å²) in [5, 5.41) is 8.73. The van der Waals surface area contributed by atoms with Gasteiger partial charge in [0.15, 0.2) is 11.6 Å². The molecule has 0 saturated carbocycles. The number of nitrogens with zero attached hydrogens (tertiary/aromatic N) is 1. The number of carboxylic acids is 1. The minimum atomic E-state index is -0.779. The van der Waals surface area contributed by atoms with Gasteiger partial charge in [0.2, 0.25) is 0 Å². The summed E-state index contributed by atoms with van der Waals surface area (Å²) in [4.78, 5) is 12.7. The Morgan fingerprint density at radius 1 is 1.36 bits per heavy atom. The summed E-state index contributed by atoms with van der Waals surface area (Å²) < 4.78 is 19.2. The van der Waals surface area contributed by atoms with Gasteiger partial charge in [0.1, 0.15) is 0 Å². The molecular weight excluding hydrogens is 287 g/mol. The Morgan fingerprint density at radius 3 is 2.64 bits per heavy atom. The Kier molecular flexibility index (Phi) is 5.74. The molecule has 1 aromatic carbocycles. The zero-order valence-corrected chi connectivity index (χ0v) is 12.6. The molecule has 1 aromatic rings. The van der Waals surface area contributed by atoms with Crippen molar-refractivity contribution in [1.82, 2.24) is 4.90 Å². The standard InChI is InChI=1S/C16H23FN2O3/c17-13-3-1-2-4-14(13)22-12-16(11-18)6-9-19(10-7-16)8-5-15(20)21/h1-4H,5-12,18H2,(H,20,21). The minimum absolute atomic E-state index is 0.154.